The van der Waals surface area contributed by atoms with Crippen LogP contribution in [0.1, 0.15) is 70.0 Å². The Balaban J connectivity index is 1.90. The van der Waals surface area contributed by atoms with Crippen molar-refractivity contribution in [1.29, 1.82) is 0 Å². The Hall–Kier alpha value is -1.52. The first-order valence-electron chi connectivity index (χ1n) is 8.70. The molecule has 1 atom stereocenters. The van der Waals surface area contributed by atoms with Gasteiger partial charge < -0.3 is 14.7 Å². The van der Waals surface area contributed by atoms with Crippen molar-refractivity contribution in [3.05, 3.63) is 17.0 Å². The summed E-state index contributed by atoms with van der Waals surface area (Å²) in [5, 5.41) is 7.05. The smallest absolute Gasteiger partial charge is 0.317 e. The molecule has 23 heavy (non-hydrogen) atoms. The summed E-state index contributed by atoms with van der Waals surface area (Å²) in [5.74, 6) is 1.48. The van der Waals surface area contributed by atoms with Gasteiger partial charge in [0.25, 0.3) is 0 Å². The molecule has 1 saturated heterocycles. The van der Waals surface area contributed by atoms with Crippen LogP contribution >= 0.6 is 0 Å². The van der Waals surface area contributed by atoms with Crippen molar-refractivity contribution in [2.75, 3.05) is 13.1 Å². The molecule has 0 bridgehead atoms. The first kappa shape index (κ1) is 17.8. The summed E-state index contributed by atoms with van der Waals surface area (Å²) in [4.78, 5) is 14.5. The number of carbonyl (C=O) groups excluding carboxylic acids is 1. The lowest BCUT2D eigenvalue weighted by Crippen LogP contribution is -2.47. The minimum atomic E-state index is -0.0854. The lowest BCUT2D eigenvalue weighted by atomic mass is 9.74. The molecule has 1 aliphatic rings. The van der Waals surface area contributed by atoms with Crippen LogP contribution in [0.25, 0.3) is 0 Å². The SMILES string of the molecule is Cc1noc(C)c1C(C)NC(=O)N1CCC(C)(CC(C)C)CC1. The van der Waals surface area contributed by atoms with Gasteiger partial charge in [-0.25, -0.2) is 4.79 Å². The average Bonchev–Trinajstić information content (AvgIpc) is 2.77. The maximum Gasteiger partial charge on any atom is 0.317 e. The van der Waals surface area contributed by atoms with Gasteiger partial charge in [0.2, 0.25) is 0 Å². The quantitative estimate of drug-likeness (QED) is 0.903. The number of nitrogens with zero attached hydrogens (tertiary/aromatic N) is 2. The molecule has 0 saturated carbocycles. The van der Waals surface area contributed by atoms with Gasteiger partial charge in [-0.05, 0) is 51.4 Å². The van der Waals surface area contributed by atoms with Crippen LogP contribution < -0.4 is 5.32 Å². The molecule has 130 valence electrons. The fraction of sp³-hybridized carbons (Fsp3) is 0.778. The zero-order chi connectivity index (χ0) is 17.2. The zero-order valence-corrected chi connectivity index (χ0v) is 15.4. The highest BCUT2D eigenvalue weighted by atomic mass is 16.5. The average molecular weight is 321 g/mol. The number of aromatic nitrogens is 1. The van der Waals surface area contributed by atoms with E-state index in [0.717, 1.165) is 42.9 Å². The Morgan fingerprint density at radius 2 is 1.91 bits per heavy atom. The van der Waals surface area contributed by atoms with E-state index in [1.165, 1.54) is 6.42 Å². The summed E-state index contributed by atoms with van der Waals surface area (Å²) in [5.41, 5.74) is 2.21. The second-order valence-corrected chi connectivity index (χ2v) is 7.80. The summed E-state index contributed by atoms with van der Waals surface area (Å²) in [6, 6.07) is -0.0678. The molecule has 1 aromatic rings. The Morgan fingerprint density at radius 3 is 2.39 bits per heavy atom. The third-order valence-corrected chi connectivity index (χ3v) is 5.02. The van der Waals surface area contributed by atoms with Crippen LogP contribution in [0.4, 0.5) is 4.79 Å². The van der Waals surface area contributed by atoms with Gasteiger partial charge in [-0.1, -0.05) is 25.9 Å². The first-order valence-corrected chi connectivity index (χ1v) is 8.70. The molecule has 0 aromatic carbocycles. The van der Waals surface area contributed by atoms with Crippen molar-refractivity contribution in [3.8, 4) is 0 Å². The van der Waals surface area contributed by atoms with E-state index in [9.17, 15) is 4.79 Å². The number of carbonyl (C=O) groups is 1. The zero-order valence-electron chi connectivity index (χ0n) is 15.4. The molecule has 1 aliphatic heterocycles. The highest BCUT2D eigenvalue weighted by Crippen LogP contribution is 2.37. The van der Waals surface area contributed by atoms with Crippen LogP contribution in [-0.4, -0.2) is 29.2 Å². The number of rotatable bonds is 4. The highest BCUT2D eigenvalue weighted by Gasteiger charge is 2.32. The van der Waals surface area contributed by atoms with E-state index in [2.05, 4.69) is 31.2 Å². The van der Waals surface area contributed by atoms with Gasteiger partial charge in [-0.15, -0.1) is 0 Å². The molecule has 2 amide bonds. The second-order valence-electron chi connectivity index (χ2n) is 7.80. The summed E-state index contributed by atoms with van der Waals surface area (Å²) in [6.07, 6.45) is 3.40. The summed E-state index contributed by atoms with van der Waals surface area (Å²) in [7, 11) is 0. The number of hydrogen-bond donors (Lipinski definition) is 1. The molecule has 1 N–H and O–H groups in total. The molecule has 5 heteroatoms. The fourth-order valence-corrected chi connectivity index (χ4v) is 3.90. The van der Waals surface area contributed by atoms with Gasteiger partial charge in [-0.2, -0.15) is 0 Å². The standard InChI is InChI=1S/C18H31N3O2/c1-12(2)11-18(6)7-9-21(10-8-18)17(22)19-13(3)16-14(4)20-23-15(16)5/h12-13H,7-11H2,1-6H3,(H,19,22). The van der Waals surface area contributed by atoms with Gasteiger partial charge >= 0.3 is 6.03 Å². The number of aryl methyl sites for hydroxylation is 2. The maximum absolute atomic E-state index is 12.5. The van der Waals surface area contributed by atoms with E-state index in [1.54, 1.807) is 0 Å². The van der Waals surface area contributed by atoms with E-state index < -0.39 is 0 Å². The molecule has 1 unspecified atom stereocenters. The van der Waals surface area contributed by atoms with Gasteiger partial charge in [-0.3, -0.25) is 0 Å². The van der Waals surface area contributed by atoms with Gasteiger partial charge in [0.1, 0.15) is 5.76 Å². The molecule has 1 aromatic heterocycles. The van der Waals surface area contributed by atoms with Gasteiger partial charge in [0, 0.05) is 18.7 Å². The third-order valence-electron chi connectivity index (χ3n) is 5.02. The predicted octanol–water partition coefficient (Wildman–Crippen LogP) is 4.21. The molecule has 2 heterocycles. The summed E-state index contributed by atoms with van der Waals surface area (Å²) >= 11 is 0. The molecule has 0 spiro atoms. The minimum Gasteiger partial charge on any atom is -0.361 e. The minimum absolute atomic E-state index is 0.0177. The van der Waals surface area contributed by atoms with E-state index >= 15 is 0 Å². The van der Waals surface area contributed by atoms with Gasteiger partial charge in [0.15, 0.2) is 0 Å². The highest BCUT2D eigenvalue weighted by molar-refractivity contribution is 5.74. The molecular formula is C18H31N3O2. The second kappa shape index (κ2) is 6.93. The van der Waals surface area contributed by atoms with E-state index in [4.69, 9.17) is 4.52 Å². The van der Waals surface area contributed by atoms with Crippen molar-refractivity contribution in [1.82, 2.24) is 15.4 Å². The molecule has 0 radical (unpaired) electrons. The summed E-state index contributed by atoms with van der Waals surface area (Å²) in [6.45, 7) is 14.4. The molecule has 1 fully saturated rings. The van der Waals surface area contributed by atoms with Crippen LogP contribution in [0.2, 0.25) is 0 Å². The summed E-state index contributed by atoms with van der Waals surface area (Å²) < 4.78 is 5.19. The van der Waals surface area contributed by atoms with Crippen LogP contribution in [0.3, 0.4) is 0 Å². The Kier molecular flexibility index (Phi) is 5.37. The number of piperidine rings is 1. The predicted molar refractivity (Wildman–Crippen MR) is 91.3 cm³/mol. The molecule has 0 aliphatic carbocycles. The van der Waals surface area contributed by atoms with Crippen molar-refractivity contribution >= 4 is 6.03 Å². The monoisotopic (exact) mass is 321 g/mol. The van der Waals surface area contributed by atoms with Crippen LogP contribution in [0.15, 0.2) is 4.52 Å². The number of nitrogens with one attached hydrogen (secondary N) is 1. The number of amides is 2. The Labute approximate surface area is 139 Å². The topological polar surface area (TPSA) is 58.4 Å². The van der Waals surface area contributed by atoms with Crippen molar-refractivity contribution in [2.45, 2.75) is 66.8 Å². The fourth-order valence-electron chi connectivity index (χ4n) is 3.90. The molecule has 5 nitrogen and oxygen atoms in total. The number of likely N-dealkylation sites (tertiary alicyclic amines) is 1. The largest absolute Gasteiger partial charge is 0.361 e. The van der Waals surface area contributed by atoms with Crippen molar-refractivity contribution in [3.63, 3.8) is 0 Å². The van der Waals surface area contributed by atoms with E-state index in [-0.39, 0.29) is 12.1 Å². The van der Waals surface area contributed by atoms with Crippen molar-refractivity contribution in [2.24, 2.45) is 11.3 Å². The van der Waals surface area contributed by atoms with Gasteiger partial charge in [0.05, 0.1) is 11.7 Å². The Bertz CT molecular complexity index is 523. The number of urea groups is 1. The van der Waals surface area contributed by atoms with Crippen LogP contribution in [0, 0.1) is 25.2 Å². The van der Waals surface area contributed by atoms with Crippen LogP contribution in [0.5, 0.6) is 0 Å². The van der Waals surface area contributed by atoms with Crippen LogP contribution in [-0.2, 0) is 0 Å². The first-order chi connectivity index (χ1) is 10.7. The normalized spacial score (nSPS) is 19.0. The lowest BCUT2D eigenvalue weighted by molar-refractivity contribution is 0.110. The van der Waals surface area contributed by atoms with E-state index in [1.807, 2.05) is 25.7 Å². The maximum atomic E-state index is 12.5. The molecule has 2 rings (SSSR count). The lowest BCUT2D eigenvalue weighted by Gasteiger charge is -2.40. The molecular weight excluding hydrogens is 290 g/mol. The number of hydrogen-bond acceptors (Lipinski definition) is 3. The Morgan fingerprint density at radius 1 is 1.30 bits per heavy atom. The third kappa shape index (κ3) is 4.27. The van der Waals surface area contributed by atoms with Crippen molar-refractivity contribution < 1.29 is 9.32 Å². The van der Waals surface area contributed by atoms with E-state index in [0.29, 0.717) is 11.3 Å².